The molecule has 0 unspecified atom stereocenters. The number of nitrogens with zero attached hydrogens (tertiary/aromatic N) is 1. The van der Waals surface area contributed by atoms with E-state index >= 15 is 0 Å². The average molecular weight is 223 g/mol. The summed E-state index contributed by atoms with van der Waals surface area (Å²) in [6.45, 7) is 9.68. The quantitative estimate of drug-likeness (QED) is 0.771. The van der Waals surface area contributed by atoms with Gasteiger partial charge in [-0.1, -0.05) is 27.7 Å². The molecule has 2 rings (SSSR count). The molecule has 0 bridgehead atoms. The molecule has 0 spiro atoms. The molecule has 0 saturated carbocycles. The second-order valence-corrected chi connectivity index (χ2v) is 5.96. The molecule has 3 nitrogen and oxygen atoms in total. The lowest BCUT2D eigenvalue weighted by atomic mass is 9.88. The van der Waals surface area contributed by atoms with Crippen LogP contribution in [0, 0.1) is 11.3 Å². The smallest absolute Gasteiger partial charge is 0.181 e. The largest absolute Gasteiger partial charge is 0.445 e. The van der Waals surface area contributed by atoms with Gasteiger partial charge in [-0.05, 0) is 24.2 Å². The molecular formula is C13H21NO2. The van der Waals surface area contributed by atoms with Gasteiger partial charge in [-0.15, -0.1) is 0 Å². The zero-order valence-electron chi connectivity index (χ0n) is 10.6. The van der Waals surface area contributed by atoms with Crippen LogP contribution in [-0.2, 0) is 11.2 Å². The van der Waals surface area contributed by atoms with Crippen molar-refractivity contribution in [2.24, 2.45) is 11.3 Å². The van der Waals surface area contributed by atoms with Crippen LogP contribution in [0.25, 0.3) is 0 Å². The maximum Gasteiger partial charge on any atom is 0.181 e. The molecule has 1 fully saturated rings. The van der Waals surface area contributed by atoms with Crippen LogP contribution in [0.1, 0.15) is 51.7 Å². The van der Waals surface area contributed by atoms with Crippen LogP contribution in [0.5, 0.6) is 0 Å². The summed E-state index contributed by atoms with van der Waals surface area (Å²) in [7, 11) is 0. The molecule has 0 amide bonds. The Morgan fingerprint density at radius 3 is 2.75 bits per heavy atom. The number of hydrogen-bond acceptors (Lipinski definition) is 3. The lowest BCUT2D eigenvalue weighted by Gasteiger charge is -2.19. The van der Waals surface area contributed by atoms with Gasteiger partial charge in [0, 0.05) is 6.61 Å². The van der Waals surface area contributed by atoms with Crippen molar-refractivity contribution in [2.75, 3.05) is 6.61 Å². The van der Waals surface area contributed by atoms with E-state index in [0.29, 0.717) is 5.92 Å². The van der Waals surface area contributed by atoms with Gasteiger partial charge in [0.25, 0.3) is 0 Å². The Kier molecular flexibility index (Phi) is 3.06. The van der Waals surface area contributed by atoms with Crippen molar-refractivity contribution in [2.45, 2.75) is 46.6 Å². The first kappa shape index (κ1) is 11.6. The van der Waals surface area contributed by atoms with Crippen LogP contribution >= 0.6 is 0 Å². The van der Waals surface area contributed by atoms with Crippen LogP contribution in [0.15, 0.2) is 10.8 Å². The first-order valence-electron chi connectivity index (χ1n) is 6.01. The molecule has 0 aromatic carbocycles. The normalized spacial score (nSPS) is 26.2. The number of rotatable bonds is 2. The van der Waals surface area contributed by atoms with Crippen molar-refractivity contribution in [1.29, 1.82) is 0 Å². The van der Waals surface area contributed by atoms with E-state index in [0.717, 1.165) is 30.9 Å². The van der Waals surface area contributed by atoms with Gasteiger partial charge in [0.05, 0.1) is 5.69 Å². The van der Waals surface area contributed by atoms with Crippen molar-refractivity contribution >= 4 is 0 Å². The fraction of sp³-hybridized carbons (Fsp3) is 0.769. The highest BCUT2D eigenvalue weighted by atomic mass is 16.5. The predicted molar refractivity (Wildman–Crippen MR) is 62.1 cm³/mol. The molecule has 1 aliphatic rings. The van der Waals surface area contributed by atoms with Gasteiger partial charge in [0.15, 0.2) is 12.2 Å². The molecule has 0 N–H and O–H groups in total. The van der Waals surface area contributed by atoms with Gasteiger partial charge in [0.1, 0.15) is 6.10 Å². The Morgan fingerprint density at radius 2 is 2.19 bits per heavy atom. The SMILES string of the molecule is C[C@@H]1CCO[C@@H]1c1ocnc1CC(C)(C)C. The average Bonchev–Trinajstić information content (AvgIpc) is 2.71. The van der Waals surface area contributed by atoms with Crippen LogP contribution in [0.3, 0.4) is 0 Å². The van der Waals surface area contributed by atoms with Crippen molar-refractivity contribution < 1.29 is 9.15 Å². The minimum absolute atomic E-state index is 0.111. The fourth-order valence-corrected chi connectivity index (χ4v) is 2.18. The lowest BCUT2D eigenvalue weighted by Crippen LogP contribution is -2.13. The van der Waals surface area contributed by atoms with Crippen LogP contribution in [-0.4, -0.2) is 11.6 Å². The maximum absolute atomic E-state index is 5.73. The summed E-state index contributed by atoms with van der Waals surface area (Å²) in [5.41, 5.74) is 1.29. The third-order valence-electron chi connectivity index (χ3n) is 3.02. The van der Waals surface area contributed by atoms with Crippen LogP contribution in [0.2, 0.25) is 0 Å². The highest BCUT2D eigenvalue weighted by Crippen LogP contribution is 2.37. The van der Waals surface area contributed by atoms with E-state index in [1.165, 1.54) is 0 Å². The molecule has 3 heteroatoms. The highest BCUT2D eigenvalue weighted by Gasteiger charge is 2.32. The minimum Gasteiger partial charge on any atom is -0.445 e. The van der Waals surface area contributed by atoms with E-state index in [9.17, 15) is 0 Å². The minimum atomic E-state index is 0.111. The van der Waals surface area contributed by atoms with Gasteiger partial charge in [-0.3, -0.25) is 0 Å². The lowest BCUT2D eigenvalue weighted by molar-refractivity contribution is 0.0746. The molecule has 1 saturated heterocycles. The van der Waals surface area contributed by atoms with Gasteiger partial charge >= 0.3 is 0 Å². The number of aromatic nitrogens is 1. The Balaban J connectivity index is 2.18. The standard InChI is InChI=1S/C13H21NO2/c1-9-5-6-15-11(9)12-10(14-8-16-12)7-13(2,3)4/h8-9,11H,5-7H2,1-4H3/t9-,11+/m1/s1. The molecule has 1 aromatic rings. The molecule has 1 aliphatic heterocycles. The maximum atomic E-state index is 5.73. The molecule has 1 aromatic heterocycles. The molecular weight excluding hydrogens is 202 g/mol. The topological polar surface area (TPSA) is 35.3 Å². The molecule has 90 valence electrons. The van der Waals surface area contributed by atoms with Crippen molar-refractivity contribution in [3.63, 3.8) is 0 Å². The molecule has 0 radical (unpaired) electrons. The number of ether oxygens (including phenoxy) is 1. The first-order chi connectivity index (χ1) is 7.47. The van der Waals surface area contributed by atoms with E-state index in [1.807, 2.05) is 0 Å². The van der Waals surface area contributed by atoms with E-state index in [4.69, 9.17) is 9.15 Å². The molecule has 16 heavy (non-hydrogen) atoms. The van der Waals surface area contributed by atoms with Crippen molar-refractivity contribution in [3.8, 4) is 0 Å². The number of hydrogen-bond donors (Lipinski definition) is 0. The van der Waals surface area contributed by atoms with E-state index in [2.05, 4.69) is 32.7 Å². The molecule has 2 heterocycles. The molecule has 2 atom stereocenters. The van der Waals surface area contributed by atoms with E-state index in [-0.39, 0.29) is 11.5 Å². The monoisotopic (exact) mass is 223 g/mol. The van der Waals surface area contributed by atoms with Gasteiger partial charge < -0.3 is 9.15 Å². The summed E-state index contributed by atoms with van der Waals surface area (Å²) < 4.78 is 11.3. The Labute approximate surface area is 97.2 Å². The summed E-state index contributed by atoms with van der Waals surface area (Å²) in [6.07, 6.45) is 3.70. The molecule has 0 aliphatic carbocycles. The van der Waals surface area contributed by atoms with E-state index < -0.39 is 0 Å². The third kappa shape index (κ3) is 2.46. The zero-order chi connectivity index (χ0) is 11.8. The summed E-state index contributed by atoms with van der Waals surface area (Å²) >= 11 is 0. The van der Waals surface area contributed by atoms with E-state index in [1.54, 1.807) is 6.39 Å². The van der Waals surface area contributed by atoms with Gasteiger partial charge in [0.2, 0.25) is 0 Å². The zero-order valence-corrected chi connectivity index (χ0v) is 10.6. The van der Waals surface area contributed by atoms with Gasteiger partial charge in [-0.25, -0.2) is 4.98 Å². The van der Waals surface area contributed by atoms with Crippen LogP contribution in [0.4, 0.5) is 0 Å². The van der Waals surface area contributed by atoms with Crippen LogP contribution < -0.4 is 0 Å². The first-order valence-corrected chi connectivity index (χ1v) is 6.01. The summed E-state index contributed by atoms with van der Waals surface area (Å²) in [5, 5.41) is 0. The predicted octanol–water partition coefficient (Wildman–Crippen LogP) is 3.36. The summed E-state index contributed by atoms with van der Waals surface area (Å²) in [5.74, 6) is 1.48. The third-order valence-corrected chi connectivity index (χ3v) is 3.02. The fourth-order valence-electron chi connectivity index (χ4n) is 2.18. The van der Waals surface area contributed by atoms with Crippen molar-refractivity contribution in [3.05, 3.63) is 17.8 Å². The summed E-state index contributed by atoms with van der Waals surface area (Å²) in [4.78, 5) is 4.33. The highest BCUT2D eigenvalue weighted by molar-refractivity contribution is 5.14. The number of oxazole rings is 1. The Hall–Kier alpha value is -0.830. The van der Waals surface area contributed by atoms with Gasteiger partial charge in [-0.2, -0.15) is 0 Å². The second kappa shape index (κ2) is 4.21. The summed E-state index contributed by atoms with van der Waals surface area (Å²) in [6, 6.07) is 0. The Morgan fingerprint density at radius 1 is 1.44 bits per heavy atom. The second-order valence-electron chi connectivity index (χ2n) is 5.96. The Bertz CT molecular complexity index is 351. The van der Waals surface area contributed by atoms with Crippen molar-refractivity contribution in [1.82, 2.24) is 4.98 Å².